The second kappa shape index (κ2) is 6.74. The van der Waals surface area contributed by atoms with Gasteiger partial charge in [0.05, 0.1) is 11.5 Å². The Balaban J connectivity index is 1.49. The van der Waals surface area contributed by atoms with Crippen molar-refractivity contribution in [2.75, 3.05) is 31.1 Å². The normalized spacial score (nSPS) is 23.4. The first kappa shape index (κ1) is 16.1. The summed E-state index contributed by atoms with van der Waals surface area (Å²) in [5.74, 6) is 0.510. The summed E-state index contributed by atoms with van der Waals surface area (Å²) in [7, 11) is -2.88. The van der Waals surface area contributed by atoms with Crippen LogP contribution in [-0.4, -0.2) is 50.5 Å². The second-order valence-corrected chi connectivity index (χ2v) is 8.48. The molecule has 1 aromatic rings. The standard InChI is InChI=1S/C17H22N2O3S/c20-17(18-12-14-8-11-23(21,22)13-14)19-9-6-16(7-10-19)15-4-2-1-3-5-15/h1-6,14H,7-13H2,(H,18,20). The Bertz CT molecular complexity index is 698. The van der Waals surface area contributed by atoms with Crippen LogP contribution in [0.1, 0.15) is 18.4 Å². The Morgan fingerprint density at radius 3 is 2.65 bits per heavy atom. The Hall–Kier alpha value is -1.82. The summed E-state index contributed by atoms with van der Waals surface area (Å²) in [5, 5.41) is 2.88. The molecule has 1 atom stereocenters. The van der Waals surface area contributed by atoms with Crippen LogP contribution in [-0.2, 0) is 9.84 Å². The van der Waals surface area contributed by atoms with E-state index in [1.807, 2.05) is 18.2 Å². The molecule has 0 radical (unpaired) electrons. The van der Waals surface area contributed by atoms with Gasteiger partial charge in [-0.1, -0.05) is 36.4 Å². The molecule has 0 aromatic heterocycles. The van der Waals surface area contributed by atoms with E-state index in [9.17, 15) is 13.2 Å². The SMILES string of the molecule is O=C(NCC1CCS(=O)(=O)C1)N1CC=C(c2ccccc2)CC1. The fraction of sp³-hybridized carbons (Fsp3) is 0.471. The lowest BCUT2D eigenvalue weighted by Gasteiger charge is -2.27. The number of rotatable bonds is 3. The largest absolute Gasteiger partial charge is 0.338 e. The lowest BCUT2D eigenvalue weighted by molar-refractivity contribution is 0.201. The molecule has 3 rings (SSSR count). The van der Waals surface area contributed by atoms with Crippen LogP contribution in [0.4, 0.5) is 4.79 Å². The van der Waals surface area contributed by atoms with Gasteiger partial charge in [-0.05, 0) is 29.9 Å². The van der Waals surface area contributed by atoms with Crippen LogP contribution in [0.3, 0.4) is 0 Å². The highest BCUT2D eigenvalue weighted by atomic mass is 32.2. The fourth-order valence-electron chi connectivity index (χ4n) is 3.14. The quantitative estimate of drug-likeness (QED) is 0.918. The van der Waals surface area contributed by atoms with E-state index in [-0.39, 0.29) is 23.5 Å². The molecule has 1 N–H and O–H groups in total. The van der Waals surface area contributed by atoms with Gasteiger partial charge in [-0.3, -0.25) is 0 Å². The first-order valence-corrected chi connectivity index (χ1v) is 9.83. The molecule has 0 saturated carbocycles. The van der Waals surface area contributed by atoms with Gasteiger partial charge in [0.2, 0.25) is 0 Å². The molecular formula is C17H22N2O3S. The number of carbonyl (C=O) groups is 1. The third-order valence-corrected chi connectivity index (χ3v) is 6.35. The van der Waals surface area contributed by atoms with Crippen LogP contribution in [0.2, 0.25) is 0 Å². The van der Waals surface area contributed by atoms with Gasteiger partial charge in [-0.15, -0.1) is 0 Å². The van der Waals surface area contributed by atoms with E-state index in [4.69, 9.17) is 0 Å². The molecule has 0 aliphatic carbocycles. The highest BCUT2D eigenvalue weighted by molar-refractivity contribution is 7.91. The van der Waals surface area contributed by atoms with E-state index >= 15 is 0 Å². The molecule has 2 amide bonds. The molecule has 1 aromatic carbocycles. The first-order chi connectivity index (χ1) is 11.0. The van der Waals surface area contributed by atoms with Crippen LogP contribution in [0.15, 0.2) is 36.4 Å². The average Bonchev–Trinajstić information content (AvgIpc) is 2.93. The molecule has 124 valence electrons. The smallest absolute Gasteiger partial charge is 0.317 e. The zero-order valence-corrected chi connectivity index (χ0v) is 13.9. The number of carbonyl (C=O) groups excluding carboxylic acids is 1. The van der Waals surface area contributed by atoms with Crippen molar-refractivity contribution in [1.82, 2.24) is 10.2 Å². The van der Waals surface area contributed by atoms with Crippen molar-refractivity contribution in [2.24, 2.45) is 5.92 Å². The summed E-state index contributed by atoms with van der Waals surface area (Å²) in [6.07, 6.45) is 3.59. The summed E-state index contributed by atoms with van der Waals surface area (Å²) in [6.45, 7) is 1.73. The predicted molar refractivity (Wildman–Crippen MR) is 90.8 cm³/mol. The highest BCUT2D eigenvalue weighted by Crippen LogP contribution is 2.22. The minimum Gasteiger partial charge on any atom is -0.338 e. The summed E-state index contributed by atoms with van der Waals surface area (Å²) in [4.78, 5) is 14.0. The van der Waals surface area contributed by atoms with Gasteiger partial charge >= 0.3 is 6.03 Å². The van der Waals surface area contributed by atoms with Crippen molar-refractivity contribution in [3.63, 3.8) is 0 Å². The van der Waals surface area contributed by atoms with E-state index in [1.54, 1.807) is 4.90 Å². The maximum Gasteiger partial charge on any atom is 0.317 e. The fourth-order valence-corrected chi connectivity index (χ4v) is 5.01. The number of nitrogens with zero attached hydrogens (tertiary/aromatic N) is 1. The number of benzene rings is 1. The van der Waals surface area contributed by atoms with Crippen LogP contribution in [0.5, 0.6) is 0 Å². The third-order valence-electron chi connectivity index (χ3n) is 4.51. The highest BCUT2D eigenvalue weighted by Gasteiger charge is 2.28. The molecule has 1 unspecified atom stereocenters. The zero-order valence-electron chi connectivity index (χ0n) is 13.1. The van der Waals surface area contributed by atoms with Gasteiger partial charge in [-0.25, -0.2) is 13.2 Å². The molecule has 6 heteroatoms. The molecule has 23 heavy (non-hydrogen) atoms. The minimum absolute atomic E-state index is 0.0594. The van der Waals surface area contributed by atoms with Gasteiger partial charge in [0.1, 0.15) is 0 Å². The van der Waals surface area contributed by atoms with E-state index < -0.39 is 9.84 Å². The van der Waals surface area contributed by atoms with Crippen molar-refractivity contribution in [1.29, 1.82) is 0 Å². The van der Waals surface area contributed by atoms with Crippen molar-refractivity contribution >= 4 is 21.4 Å². The van der Waals surface area contributed by atoms with Crippen molar-refractivity contribution in [2.45, 2.75) is 12.8 Å². The Morgan fingerprint density at radius 2 is 2.04 bits per heavy atom. The predicted octanol–water partition coefficient (Wildman–Crippen LogP) is 1.92. The number of hydrogen-bond acceptors (Lipinski definition) is 3. The van der Waals surface area contributed by atoms with Gasteiger partial charge < -0.3 is 10.2 Å². The Morgan fingerprint density at radius 1 is 1.26 bits per heavy atom. The molecule has 0 bridgehead atoms. The molecule has 0 spiro atoms. The van der Waals surface area contributed by atoms with Crippen LogP contribution < -0.4 is 5.32 Å². The molecule has 1 saturated heterocycles. The van der Waals surface area contributed by atoms with E-state index in [0.717, 1.165) is 6.42 Å². The maximum absolute atomic E-state index is 12.2. The van der Waals surface area contributed by atoms with Crippen molar-refractivity contribution in [3.05, 3.63) is 42.0 Å². The molecule has 1 fully saturated rings. The second-order valence-electron chi connectivity index (χ2n) is 6.25. The maximum atomic E-state index is 12.2. The topological polar surface area (TPSA) is 66.5 Å². The van der Waals surface area contributed by atoms with E-state index in [2.05, 4.69) is 23.5 Å². The van der Waals surface area contributed by atoms with Gasteiger partial charge in [-0.2, -0.15) is 0 Å². The van der Waals surface area contributed by atoms with E-state index in [1.165, 1.54) is 11.1 Å². The third kappa shape index (κ3) is 4.13. The minimum atomic E-state index is -2.88. The monoisotopic (exact) mass is 334 g/mol. The van der Waals surface area contributed by atoms with Crippen molar-refractivity contribution < 1.29 is 13.2 Å². The lowest BCUT2D eigenvalue weighted by Crippen LogP contribution is -2.43. The van der Waals surface area contributed by atoms with Crippen LogP contribution in [0, 0.1) is 5.92 Å². The zero-order chi connectivity index (χ0) is 16.3. The summed E-state index contributed by atoms with van der Waals surface area (Å²) in [6, 6.07) is 10.1. The average molecular weight is 334 g/mol. The molecule has 2 heterocycles. The lowest BCUT2D eigenvalue weighted by atomic mass is 10.00. The summed E-state index contributed by atoms with van der Waals surface area (Å²) in [5.41, 5.74) is 2.49. The number of amides is 2. The van der Waals surface area contributed by atoms with Crippen molar-refractivity contribution in [3.8, 4) is 0 Å². The molecular weight excluding hydrogens is 312 g/mol. The van der Waals surface area contributed by atoms with E-state index in [0.29, 0.717) is 26.1 Å². The van der Waals surface area contributed by atoms with Gasteiger partial charge in [0.25, 0.3) is 0 Å². The van der Waals surface area contributed by atoms with Gasteiger partial charge in [0.15, 0.2) is 9.84 Å². The molecule has 2 aliphatic rings. The molecule has 5 nitrogen and oxygen atoms in total. The summed E-state index contributed by atoms with van der Waals surface area (Å²) < 4.78 is 22.9. The Labute approximate surface area is 137 Å². The number of nitrogens with one attached hydrogen (secondary N) is 1. The van der Waals surface area contributed by atoms with Crippen LogP contribution >= 0.6 is 0 Å². The summed E-state index contributed by atoms with van der Waals surface area (Å²) >= 11 is 0. The number of hydrogen-bond donors (Lipinski definition) is 1. The van der Waals surface area contributed by atoms with Gasteiger partial charge in [0, 0.05) is 19.6 Å². The number of sulfone groups is 1. The first-order valence-electron chi connectivity index (χ1n) is 8.01. The number of urea groups is 1. The van der Waals surface area contributed by atoms with Crippen LogP contribution in [0.25, 0.3) is 5.57 Å². The Kier molecular flexibility index (Phi) is 4.71. The molecule has 2 aliphatic heterocycles.